The fourth-order valence-corrected chi connectivity index (χ4v) is 5.81. The number of rotatable bonds is 7. The lowest BCUT2D eigenvalue weighted by Crippen LogP contribution is -2.36. The molecule has 2 heterocycles. The van der Waals surface area contributed by atoms with E-state index in [1.165, 1.54) is 14.9 Å². The lowest BCUT2D eigenvalue weighted by molar-refractivity contribution is -0.116. The van der Waals surface area contributed by atoms with Crippen molar-refractivity contribution >= 4 is 32.7 Å². The van der Waals surface area contributed by atoms with Gasteiger partial charge in [0.15, 0.2) is 5.58 Å². The SMILES string of the molecule is Cc1ccc(NC(=O)CCCn2c(=O)oc3ccccc32)cc1S(=O)(=O)N1CCCCC1. The zero-order chi connectivity index (χ0) is 22.7. The number of nitrogens with one attached hydrogen (secondary N) is 1. The van der Waals surface area contributed by atoms with Gasteiger partial charge in [0.05, 0.1) is 10.4 Å². The summed E-state index contributed by atoms with van der Waals surface area (Å²) in [6, 6.07) is 12.1. The van der Waals surface area contributed by atoms with Crippen molar-refractivity contribution in [1.82, 2.24) is 8.87 Å². The number of anilines is 1. The van der Waals surface area contributed by atoms with Crippen LogP contribution in [0.1, 0.15) is 37.7 Å². The highest BCUT2D eigenvalue weighted by atomic mass is 32.2. The summed E-state index contributed by atoms with van der Waals surface area (Å²) in [5.74, 6) is -0.686. The van der Waals surface area contributed by atoms with Crippen molar-refractivity contribution < 1.29 is 17.6 Å². The highest BCUT2D eigenvalue weighted by Gasteiger charge is 2.27. The van der Waals surface area contributed by atoms with Gasteiger partial charge in [0.25, 0.3) is 0 Å². The van der Waals surface area contributed by atoms with E-state index in [2.05, 4.69) is 5.32 Å². The number of amides is 1. The first kappa shape index (κ1) is 22.3. The third kappa shape index (κ3) is 4.63. The van der Waals surface area contributed by atoms with Crippen LogP contribution in [0.5, 0.6) is 0 Å². The highest BCUT2D eigenvalue weighted by molar-refractivity contribution is 7.89. The molecule has 0 saturated carbocycles. The van der Waals surface area contributed by atoms with E-state index in [-0.39, 0.29) is 17.2 Å². The first-order valence-electron chi connectivity index (χ1n) is 10.9. The van der Waals surface area contributed by atoms with Crippen LogP contribution in [0.2, 0.25) is 0 Å². The van der Waals surface area contributed by atoms with Crippen LogP contribution >= 0.6 is 0 Å². The van der Waals surface area contributed by atoms with E-state index in [1.807, 2.05) is 6.07 Å². The molecular weight excluding hydrogens is 430 g/mol. The normalized spacial score (nSPS) is 15.2. The van der Waals surface area contributed by atoms with Gasteiger partial charge in [0.2, 0.25) is 15.9 Å². The Kier molecular flexibility index (Phi) is 6.48. The average molecular weight is 458 g/mol. The first-order valence-corrected chi connectivity index (χ1v) is 12.3. The molecular formula is C23H27N3O5S. The number of fused-ring (bicyclic) bond motifs is 1. The van der Waals surface area contributed by atoms with Crippen LogP contribution < -0.4 is 11.1 Å². The second-order valence-corrected chi connectivity index (χ2v) is 9.99. The predicted molar refractivity (Wildman–Crippen MR) is 122 cm³/mol. The van der Waals surface area contributed by atoms with E-state index in [4.69, 9.17) is 4.42 Å². The molecule has 1 amide bonds. The third-order valence-electron chi connectivity index (χ3n) is 5.76. The van der Waals surface area contributed by atoms with E-state index < -0.39 is 15.8 Å². The molecule has 0 spiro atoms. The maximum atomic E-state index is 13.1. The molecule has 0 unspecified atom stereocenters. The van der Waals surface area contributed by atoms with Gasteiger partial charge in [-0.15, -0.1) is 0 Å². The fourth-order valence-electron chi connectivity index (χ4n) is 4.05. The predicted octanol–water partition coefficient (Wildman–Crippen LogP) is 3.50. The average Bonchev–Trinajstić information content (AvgIpc) is 3.11. The van der Waals surface area contributed by atoms with Crippen molar-refractivity contribution in [3.05, 3.63) is 58.6 Å². The van der Waals surface area contributed by atoms with Crippen LogP contribution in [-0.2, 0) is 21.4 Å². The summed E-state index contributed by atoms with van der Waals surface area (Å²) in [5, 5.41) is 2.78. The van der Waals surface area contributed by atoms with Gasteiger partial charge in [-0.1, -0.05) is 24.6 Å². The second-order valence-electron chi connectivity index (χ2n) is 8.08. The summed E-state index contributed by atoms with van der Waals surface area (Å²) in [7, 11) is -3.59. The number of hydrogen-bond acceptors (Lipinski definition) is 5. The van der Waals surface area contributed by atoms with Crippen molar-refractivity contribution in [2.75, 3.05) is 18.4 Å². The van der Waals surface area contributed by atoms with Crippen molar-refractivity contribution in [2.24, 2.45) is 0 Å². The molecule has 0 atom stereocenters. The lowest BCUT2D eigenvalue weighted by atomic mass is 10.2. The third-order valence-corrected chi connectivity index (χ3v) is 7.80. The van der Waals surface area contributed by atoms with Crippen LogP contribution in [0.25, 0.3) is 11.1 Å². The minimum Gasteiger partial charge on any atom is -0.408 e. The Morgan fingerprint density at radius 3 is 2.62 bits per heavy atom. The Morgan fingerprint density at radius 2 is 1.84 bits per heavy atom. The summed E-state index contributed by atoms with van der Waals surface area (Å²) >= 11 is 0. The van der Waals surface area contributed by atoms with E-state index in [0.717, 1.165) is 19.3 Å². The lowest BCUT2D eigenvalue weighted by Gasteiger charge is -2.26. The summed E-state index contributed by atoms with van der Waals surface area (Å²) in [6.45, 7) is 3.17. The van der Waals surface area contributed by atoms with Gasteiger partial charge in [-0.25, -0.2) is 13.2 Å². The van der Waals surface area contributed by atoms with Gasteiger partial charge < -0.3 is 9.73 Å². The molecule has 0 bridgehead atoms. The summed E-state index contributed by atoms with van der Waals surface area (Å²) < 4.78 is 34.4. The number of piperidine rings is 1. The summed E-state index contributed by atoms with van der Waals surface area (Å²) in [6.07, 6.45) is 3.41. The zero-order valence-electron chi connectivity index (χ0n) is 18.0. The molecule has 1 aromatic heterocycles. The first-order chi connectivity index (χ1) is 15.4. The molecule has 1 aliphatic heterocycles. The summed E-state index contributed by atoms with van der Waals surface area (Å²) in [4.78, 5) is 24.7. The monoisotopic (exact) mass is 457 g/mol. The largest absolute Gasteiger partial charge is 0.419 e. The van der Waals surface area contributed by atoms with E-state index in [9.17, 15) is 18.0 Å². The minimum atomic E-state index is -3.59. The number of aryl methyl sites for hydroxylation is 2. The van der Waals surface area contributed by atoms with Crippen LogP contribution in [0, 0.1) is 6.92 Å². The highest BCUT2D eigenvalue weighted by Crippen LogP contribution is 2.26. The number of hydrogen-bond donors (Lipinski definition) is 1. The van der Waals surface area contributed by atoms with E-state index in [1.54, 1.807) is 37.3 Å². The molecule has 8 nitrogen and oxygen atoms in total. The zero-order valence-corrected chi connectivity index (χ0v) is 18.9. The second kappa shape index (κ2) is 9.30. The van der Waals surface area contributed by atoms with Crippen molar-refractivity contribution in [2.45, 2.75) is 50.5 Å². The van der Waals surface area contributed by atoms with Crippen LogP contribution in [0.4, 0.5) is 5.69 Å². The van der Waals surface area contributed by atoms with E-state index >= 15 is 0 Å². The molecule has 1 N–H and O–H groups in total. The number of oxazole rings is 1. The topological polar surface area (TPSA) is 102 Å². The Morgan fingerprint density at radius 1 is 1.09 bits per heavy atom. The number of sulfonamides is 1. The number of carbonyl (C=O) groups is 1. The number of nitrogens with zero attached hydrogens (tertiary/aromatic N) is 2. The number of benzene rings is 2. The molecule has 3 aromatic rings. The number of aromatic nitrogens is 1. The Labute approximate surface area is 186 Å². The van der Waals surface area contributed by atoms with Crippen molar-refractivity contribution in [3.8, 4) is 0 Å². The number of para-hydroxylation sites is 2. The molecule has 170 valence electrons. The molecule has 1 saturated heterocycles. The van der Waals surface area contributed by atoms with Gasteiger partial charge >= 0.3 is 5.76 Å². The Hall–Kier alpha value is -2.91. The molecule has 32 heavy (non-hydrogen) atoms. The summed E-state index contributed by atoms with van der Waals surface area (Å²) in [5.41, 5.74) is 2.31. The molecule has 4 rings (SSSR count). The molecule has 0 radical (unpaired) electrons. The molecule has 1 aliphatic rings. The number of carbonyl (C=O) groups excluding carboxylic acids is 1. The quantitative estimate of drug-likeness (QED) is 0.585. The maximum absolute atomic E-state index is 13.1. The molecule has 2 aromatic carbocycles. The van der Waals surface area contributed by atoms with Gasteiger partial charge in [-0.2, -0.15) is 4.31 Å². The van der Waals surface area contributed by atoms with Crippen molar-refractivity contribution in [1.29, 1.82) is 0 Å². The Balaban J connectivity index is 1.40. The molecule has 1 fully saturated rings. The molecule has 9 heteroatoms. The van der Waals surface area contributed by atoms with Gasteiger partial charge in [-0.3, -0.25) is 9.36 Å². The fraction of sp³-hybridized carbons (Fsp3) is 0.391. The van der Waals surface area contributed by atoms with Crippen LogP contribution in [-0.4, -0.2) is 36.3 Å². The van der Waals surface area contributed by atoms with Crippen molar-refractivity contribution in [3.63, 3.8) is 0 Å². The standard InChI is InChI=1S/C23H27N3O5S/c1-17-11-12-18(16-21(17)32(29,30)25-13-5-2-6-14-25)24-22(27)10-7-15-26-19-8-3-4-9-20(19)31-23(26)28/h3-4,8-9,11-12,16H,2,5-7,10,13-15H2,1H3,(H,24,27). The van der Waals surface area contributed by atoms with Crippen LogP contribution in [0.15, 0.2) is 56.6 Å². The molecule has 0 aliphatic carbocycles. The minimum absolute atomic E-state index is 0.189. The Bertz CT molecular complexity index is 1290. The van der Waals surface area contributed by atoms with E-state index in [0.29, 0.717) is 48.4 Å². The van der Waals surface area contributed by atoms with Crippen LogP contribution in [0.3, 0.4) is 0 Å². The maximum Gasteiger partial charge on any atom is 0.419 e. The van der Waals surface area contributed by atoms with Gasteiger partial charge in [0.1, 0.15) is 0 Å². The van der Waals surface area contributed by atoms with Gasteiger partial charge in [-0.05, 0) is 56.0 Å². The smallest absolute Gasteiger partial charge is 0.408 e. The van der Waals surface area contributed by atoms with Gasteiger partial charge in [0, 0.05) is 31.7 Å².